The summed E-state index contributed by atoms with van der Waals surface area (Å²) in [5.74, 6) is -0.423. The summed E-state index contributed by atoms with van der Waals surface area (Å²) in [6.07, 6.45) is 0.853. The van der Waals surface area contributed by atoms with Gasteiger partial charge >= 0.3 is 5.76 Å². The average Bonchev–Trinajstić information content (AvgIpc) is 2.96. The third-order valence-corrected chi connectivity index (χ3v) is 5.30. The van der Waals surface area contributed by atoms with Crippen molar-refractivity contribution in [3.8, 4) is 0 Å². The maximum atomic E-state index is 12.6. The Morgan fingerprint density at radius 2 is 1.96 bits per heavy atom. The molecule has 5 nitrogen and oxygen atoms in total. The SMILES string of the molecule is CC(c1ccc(Cl)cc1Cl)N(C)C(=O)CCCn1c(=O)oc2ccccc21. The second-order valence-electron chi connectivity index (χ2n) is 6.44. The lowest BCUT2D eigenvalue weighted by atomic mass is 10.1. The highest BCUT2D eigenvalue weighted by molar-refractivity contribution is 6.35. The van der Waals surface area contributed by atoms with E-state index in [0.29, 0.717) is 35.0 Å². The normalized spacial score (nSPS) is 12.3. The van der Waals surface area contributed by atoms with Crippen molar-refractivity contribution in [2.24, 2.45) is 0 Å². The van der Waals surface area contributed by atoms with Gasteiger partial charge < -0.3 is 9.32 Å². The van der Waals surface area contributed by atoms with Crippen molar-refractivity contribution in [2.45, 2.75) is 32.4 Å². The summed E-state index contributed by atoms with van der Waals surface area (Å²) in [5.41, 5.74) is 2.13. The van der Waals surface area contributed by atoms with Crippen LogP contribution in [-0.2, 0) is 11.3 Å². The number of oxazole rings is 1. The van der Waals surface area contributed by atoms with Gasteiger partial charge in [0.05, 0.1) is 11.6 Å². The van der Waals surface area contributed by atoms with Gasteiger partial charge in [-0.15, -0.1) is 0 Å². The van der Waals surface area contributed by atoms with Crippen LogP contribution in [0.3, 0.4) is 0 Å². The Morgan fingerprint density at radius 1 is 1.22 bits per heavy atom. The summed E-state index contributed by atoms with van der Waals surface area (Å²) in [4.78, 5) is 26.2. The van der Waals surface area contributed by atoms with Gasteiger partial charge in [0.1, 0.15) is 0 Å². The van der Waals surface area contributed by atoms with Crippen molar-refractivity contribution >= 4 is 40.2 Å². The molecule has 0 spiro atoms. The zero-order chi connectivity index (χ0) is 19.6. The summed E-state index contributed by atoms with van der Waals surface area (Å²) < 4.78 is 6.77. The molecule has 1 heterocycles. The van der Waals surface area contributed by atoms with Crippen LogP contribution in [0.2, 0.25) is 10.0 Å². The number of halogens is 2. The van der Waals surface area contributed by atoms with Gasteiger partial charge in [0.2, 0.25) is 5.91 Å². The van der Waals surface area contributed by atoms with E-state index < -0.39 is 5.76 Å². The van der Waals surface area contributed by atoms with E-state index in [1.807, 2.05) is 31.2 Å². The Labute approximate surface area is 167 Å². The maximum absolute atomic E-state index is 12.6. The van der Waals surface area contributed by atoms with Crippen LogP contribution in [0.4, 0.5) is 0 Å². The van der Waals surface area contributed by atoms with Gasteiger partial charge in [0.25, 0.3) is 0 Å². The quantitative estimate of drug-likeness (QED) is 0.584. The molecule has 142 valence electrons. The molecule has 0 bridgehead atoms. The van der Waals surface area contributed by atoms with E-state index in [4.69, 9.17) is 27.6 Å². The standard InChI is InChI=1S/C20H20Cl2N2O3/c1-13(15-10-9-14(21)12-16(15)22)23(2)19(25)8-5-11-24-17-6-3-4-7-18(17)27-20(24)26/h3-4,6-7,9-10,12-13H,5,8,11H2,1-2H3. The lowest BCUT2D eigenvalue weighted by molar-refractivity contribution is -0.131. The van der Waals surface area contributed by atoms with Crippen molar-refractivity contribution in [2.75, 3.05) is 7.05 Å². The lowest BCUT2D eigenvalue weighted by Crippen LogP contribution is -2.30. The predicted octanol–water partition coefficient (Wildman–Crippen LogP) is 4.90. The topological polar surface area (TPSA) is 55.5 Å². The van der Waals surface area contributed by atoms with Crippen LogP contribution in [0.15, 0.2) is 51.7 Å². The van der Waals surface area contributed by atoms with Gasteiger partial charge in [-0.2, -0.15) is 0 Å². The smallest absolute Gasteiger partial charge is 0.408 e. The molecule has 0 aliphatic carbocycles. The lowest BCUT2D eigenvalue weighted by Gasteiger charge is -2.26. The summed E-state index contributed by atoms with van der Waals surface area (Å²) in [5, 5.41) is 1.09. The van der Waals surface area contributed by atoms with E-state index in [2.05, 4.69) is 0 Å². The maximum Gasteiger partial charge on any atom is 0.419 e. The zero-order valence-corrected chi connectivity index (χ0v) is 16.6. The molecule has 7 heteroatoms. The van der Waals surface area contributed by atoms with Crippen LogP contribution < -0.4 is 5.76 Å². The van der Waals surface area contributed by atoms with Gasteiger partial charge in [0, 0.05) is 30.1 Å². The van der Waals surface area contributed by atoms with Crippen LogP contribution in [0.5, 0.6) is 0 Å². The van der Waals surface area contributed by atoms with Crippen molar-refractivity contribution in [1.29, 1.82) is 0 Å². The fourth-order valence-electron chi connectivity index (χ4n) is 3.06. The fourth-order valence-corrected chi connectivity index (χ4v) is 3.62. The highest BCUT2D eigenvalue weighted by atomic mass is 35.5. The highest BCUT2D eigenvalue weighted by Gasteiger charge is 2.19. The van der Waals surface area contributed by atoms with E-state index in [1.165, 1.54) is 0 Å². The monoisotopic (exact) mass is 406 g/mol. The molecule has 0 aliphatic rings. The Balaban J connectivity index is 1.63. The van der Waals surface area contributed by atoms with Crippen LogP contribution in [0, 0.1) is 0 Å². The molecule has 0 N–H and O–H groups in total. The first kappa shape index (κ1) is 19.5. The number of para-hydroxylation sites is 2. The largest absolute Gasteiger partial charge is 0.419 e. The number of carbonyl (C=O) groups is 1. The molecule has 1 atom stereocenters. The zero-order valence-electron chi connectivity index (χ0n) is 15.1. The number of aryl methyl sites for hydroxylation is 1. The molecule has 0 saturated heterocycles. The third-order valence-electron chi connectivity index (χ3n) is 4.73. The minimum absolute atomic E-state index is 0.0191. The molecule has 0 saturated carbocycles. The first-order chi connectivity index (χ1) is 12.9. The Bertz CT molecular complexity index is 1030. The molecule has 1 unspecified atom stereocenters. The predicted molar refractivity (Wildman–Crippen MR) is 107 cm³/mol. The van der Waals surface area contributed by atoms with Crippen molar-refractivity contribution in [3.05, 3.63) is 68.6 Å². The molecule has 27 heavy (non-hydrogen) atoms. The van der Waals surface area contributed by atoms with E-state index in [9.17, 15) is 9.59 Å². The Kier molecular flexibility index (Phi) is 5.92. The molecule has 1 amide bonds. The van der Waals surface area contributed by atoms with Gasteiger partial charge in [-0.1, -0.05) is 41.4 Å². The Hall–Kier alpha value is -2.24. The second kappa shape index (κ2) is 8.19. The van der Waals surface area contributed by atoms with Gasteiger partial charge in [0.15, 0.2) is 5.58 Å². The molecule has 2 aromatic carbocycles. The van der Waals surface area contributed by atoms with Crippen LogP contribution in [-0.4, -0.2) is 22.4 Å². The number of hydrogen-bond donors (Lipinski definition) is 0. The summed E-state index contributed by atoms with van der Waals surface area (Å²) in [6, 6.07) is 12.3. The van der Waals surface area contributed by atoms with E-state index >= 15 is 0 Å². The number of benzene rings is 2. The fraction of sp³-hybridized carbons (Fsp3) is 0.300. The van der Waals surface area contributed by atoms with Gasteiger partial charge in [-0.3, -0.25) is 9.36 Å². The van der Waals surface area contributed by atoms with E-state index in [-0.39, 0.29) is 11.9 Å². The second-order valence-corrected chi connectivity index (χ2v) is 7.28. The summed E-state index contributed by atoms with van der Waals surface area (Å²) >= 11 is 12.2. The number of aromatic nitrogens is 1. The van der Waals surface area contributed by atoms with Crippen LogP contribution in [0.25, 0.3) is 11.1 Å². The molecule has 0 fully saturated rings. The van der Waals surface area contributed by atoms with Gasteiger partial charge in [-0.05, 0) is 43.2 Å². The summed E-state index contributed by atoms with van der Waals surface area (Å²) in [7, 11) is 1.75. The first-order valence-corrected chi connectivity index (χ1v) is 9.43. The Morgan fingerprint density at radius 3 is 2.70 bits per heavy atom. The molecule has 1 aromatic heterocycles. The minimum atomic E-state index is -0.404. The average molecular weight is 407 g/mol. The minimum Gasteiger partial charge on any atom is -0.408 e. The number of fused-ring (bicyclic) bond motifs is 1. The number of nitrogens with zero attached hydrogens (tertiary/aromatic N) is 2. The number of hydrogen-bond acceptors (Lipinski definition) is 3. The van der Waals surface area contributed by atoms with E-state index in [0.717, 1.165) is 11.1 Å². The molecule has 3 rings (SSSR count). The number of rotatable bonds is 6. The first-order valence-electron chi connectivity index (χ1n) is 8.67. The molecule has 3 aromatic rings. The third kappa shape index (κ3) is 4.20. The van der Waals surface area contributed by atoms with Crippen molar-refractivity contribution in [1.82, 2.24) is 9.47 Å². The molecular weight excluding hydrogens is 387 g/mol. The van der Waals surface area contributed by atoms with Gasteiger partial charge in [-0.25, -0.2) is 4.79 Å². The van der Waals surface area contributed by atoms with Crippen LogP contribution >= 0.6 is 23.2 Å². The van der Waals surface area contributed by atoms with Crippen molar-refractivity contribution in [3.63, 3.8) is 0 Å². The van der Waals surface area contributed by atoms with Crippen molar-refractivity contribution < 1.29 is 9.21 Å². The number of carbonyl (C=O) groups excluding carboxylic acids is 1. The van der Waals surface area contributed by atoms with E-state index in [1.54, 1.807) is 34.7 Å². The van der Waals surface area contributed by atoms with Crippen LogP contribution in [0.1, 0.15) is 31.4 Å². The molecular formula is C20H20Cl2N2O3. The summed E-state index contributed by atoms with van der Waals surface area (Å²) in [6.45, 7) is 2.34. The number of amides is 1. The highest BCUT2D eigenvalue weighted by Crippen LogP contribution is 2.29. The molecule has 0 aliphatic heterocycles. The molecule has 0 radical (unpaired) electrons.